The van der Waals surface area contributed by atoms with Crippen LogP contribution in [0.2, 0.25) is 0 Å². The van der Waals surface area contributed by atoms with Crippen molar-refractivity contribution in [1.29, 1.82) is 0 Å². The van der Waals surface area contributed by atoms with Gasteiger partial charge < -0.3 is 9.80 Å². The van der Waals surface area contributed by atoms with Crippen LogP contribution >= 0.6 is 0 Å². The van der Waals surface area contributed by atoms with Gasteiger partial charge in [0.2, 0.25) is 11.8 Å². The number of benzene rings is 1. The Morgan fingerprint density at radius 3 is 2.46 bits per heavy atom. The number of aryl methyl sites for hydroxylation is 1. The van der Waals surface area contributed by atoms with Crippen molar-refractivity contribution < 1.29 is 22.8 Å². The molecule has 0 bridgehead atoms. The number of rotatable bonds is 5. The zero-order chi connectivity index (χ0) is 18.1. The fourth-order valence-electron chi connectivity index (χ4n) is 2.70. The number of carbonyl (C=O) groups excluding carboxylic acids is 2. The molecule has 24 heavy (non-hydrogen) atoms. The van der Waals surface area contributed by atoms with Gasteiger partial charge in [-0.25, -0.2) is 0 Å². The van der Waals surface area contributed by atoms with E-state index < -0.39 is 37.0 Å². The van der Waals surface area contributed by atoms with Crippen molar-refractivity contribution in [2.24, 2.45) is 5.92 Å². The van der Waals surface area contributed by atoms with Crippen LogP contribution in [0.4, 0.5) is 13.2 Å². The lowest BCUT2D eigenvalue weighted by molar-refractivity contribution is -0.164. The predicted octanol–water partition coefficient (Wildman–Crippen LogP) is 2.58. The molecule has 0 saturated heterocycles. The van der Waals surface area contributed by atoms with Crippen LogP contribution in [0.25, 0.3) is 0 Å². The van der Waals surface area contributed by atoms with Crippen LogP contribution in [-0.2, 0) is 9.59 Å². The van der Waals surface area contributed by atoms with E-state index in [1.807, 2.05) is 31.2 Å². The maximum atomic E-state index is 12.8. The molecule has 1 fully saturated rings. The molecule has 0 heterocycles. The summed E-state index contributed by atoms with van der Waals surface area (Å²) in [5.74, 6) is -1.68. The van der Waals surface area contributed by atoms with E-state index in [4.69, 9.17) is 0 Å². The van der Waals surface area contributed by atoms with Gasteiger partial charge in [-0.15, -0.1) is 0 Å². The van der Waals surface area contributed by atoms with Crippen molar-refractivity contribution in [2.75, 3.05) is 27.2 Å². The summed E-state index contributed by atoms with van der Waals surface area (Å²) in [7, 11) is 2.90. The molecule has 1 aliphatic rings. The molecular formula is C17H21F3N2O2. The van der Waals surface area contributed by atoms with Gasteiger partial charge in [0.15, 0.2) is 0 Å². The second-order valence-corrected chi connectivity index (χ2v) is 6.46. The van der Waals surface area contributed by atoms with Gasteiger partial charge in [-0.1, -0.05) is 29.8 Å². The van der Waals surface area contributed by atoms with Gasteiger partial charge >= 0.3 is 6.18 Å². The van der Waals surface area contributed by atoms with Gasteiger partial charge in [0, 0.05) is 20.0 Å². The highest BCUT2D eigenvalue weighted by Gasteiger charge is 2.47. The van der Waals surface area contributed by atoms with Crippen molar-refractivity contribution in [3.8, 4) is 0 Å². The van der Waals surface area contributed by atoms with Gasteiger partial charge in [-0.3, -0.25) is 9.59 Å². The molecule has 4 nitrogen and oxygen atoms in total. The second kappa shape index (κ2) is 6.83. The molecule has 0 aliphatic heterocycles. The minimum Gasteiger partial charge on any atom is -0.347 e. The number of likely N-dealkylation sites (N-methyl/N-ethyl adjacent to an activating group) is 1. The maximum absolute atomic E-state index is 12.8. The molecule has 132 valence electrons. The van der Waals surface area contributed by atoms with Gasteiger partial charge in [0.05, 0.1) is 0 Å². The van der Waals surface area contributed by atoms with Gasteiger partial charge in [0.25, 0.3) is 0 Å². The molecule has 1 saturated carbocycles. The summed E-state index contributed by atoms with van der Waals surface area (Å²) in [6.07, 6.45) is -4.01. The first kappa shape index (κ1) is 18.3. The first-order valence-electron chi connectivity index (χ1n) is 7.70. The third kappa shape index (κ3) is 4.72. The Balaban J connectivity index is 2.09. The Bertz CT molecular complexity index is 629. The lowest BCUT2D eigenvalue weighted by Crippen LogP contribution is -2.45. The lowest BCUT2D eigenvalue weighted by atomic mass is 10.1. The monoisotopic (exact) mass is 342 g/mol. The Morgan fingerprint density at radius 2 is 1.92 bits per heavy atom. The zero-order valence-corrected chi connectivity index (χ0v) is 13.9. The van der Waals surface area contributed by atoms with Crippen molar-refractivity contribution in [2.45, 2.75) is 25.4 Å². The van der Waals surface area contributed by atoms with E-state index in [2.05, 4.69) is 0 Å². The molecule has 0 radical (unpaired) electrons. The molecule has 2 amide bonds. The van der Waals surface area contributed by atoms with Crippen LogP contribution in [0.1, 0.15) is 23.5 Å². The lowest BCUT2D eigenvalue weighted by Gasteiger charge is -2.25. The first-order chi connectivity index (χ1) is 11.1. The number of alkyl halides is 3. The van der Waals surface area contributed by atoms with Crippen molar-refractivity contribution >= 4 is 11.8 Å². The third-order valence-electron chi connectivity index (χ3n) is 4.08. The minimum atomic E-state index is -4.53. The summed E-state index contributed by atoms with van der Waals surface area (Å²) in [5, 5.41) is 0. The van der Waals surface area contributed by atoms with E-state index in [-0.39, 0.29) is 5.92 Å². The average molecular weight is 342 g/mol. The maximum Gasteiger partial charge on any atom is 0.406 e. The summed E-state index contributed by atoms with van der Waals surface area (Å²) in [5.41, 5.74) is 2.00. The van der Waals surface area contributed by atoms with Crippen LogP contribution in [-0.4, -0.2) is 55.0 Å². The number of hydrogen-bond acceptors (Lipinski definition) is 2. The van der Waals surface area contributed by atoms with Crippen molar-refractivity contribution in [1.82, 2.24) is 9.80 Å². The number of nitrogens with zero attached hydrogens (tertiary/aromatic N) is 2. The average Bonchev–Trinajstić information content (AvgIpc) is 3.24. The smallest absolute Gasteiger partial charge is 0.347 e. The molecule has 0 unspecified atom stereocenters. The van der Waals surface area contributed by atoms with Crippen LogP contribution in [0.3, 0.4) is 0 Å². The standard InChI is InChI=1S/C17H21F3N2O2/c1-11-5-4-6-12(7-11)13-8-14(13)16(24)22(10-17(18,19)20)9-15(23)21(2)3/h4-7,13-14H,8-10H2,1-3H3/t13-,14+/m0/s1. The molecule has 0 aromatic heterocycles. The molecular weight excluding hydrogens is 321 g/mol. The normalized spacial score (nSPS) is 19.8. The van der Waals surface area contributed by atoms with E-state index in [9.17, 15) is 22.8 Å². The van der Waals surface area contributed by atoms with E-state index in [1.165, 1.54) is 19.0 Å². The quantitative estimate of drug-likeness (QED) is 0.825. The molecule has 0 spiro atoms. The summed E-state index contributed by atoms with van der Waals surface area (Å²) in [6, 6.07) is 7.61. The van der Waals surface area contributed by atoms with Gasteiger partial charge in [-0.05, 0) is 24.8 Å². The molecule has 2 atom stereocenters. The van der Waals surface area contributed by atoms with Crippen LogP contribution in [0.5, 0.6) is 0 Å². The highest BCUT2D eigenvalue weighted by Crippen LogP contribution is 2.48. The first-order valence-corrected chi connectivity index (χ1v) is 7.70. The number of carbonyl (C=O) groups is 2. The topological polar surface area (TPSA) is 40.6 Å². The Hall–Kier alpha value is -2.05. The molecule has 1 aliphatic carbocycles. The van der Waals surface area contributed by atoms with Crippen molar-refractivity contribution in [3.05, 3.63) is 35.4 Å². The Kier molecular flexibility index (Phi) is 5.20. The highest BCUT2D eigenvalue weighted by atomic mass is 19.4. The number of amides is 2. The largest absolute Gasteiger partial charge is 0.406 e. The minimum absolute atomic E-state index is 0.0670. The van der Waals surface area contributed by atoms with Gasteiger partial charge in [0.1, 0.15) is 13.1 Å². The van der Waals surface area contributed by atoms with Crippen molar-refractivity contribution in [3.63, 3.8) is 0 Å². The molecule has 1 aromatic carbocycles. The summed E-state index contributed by atoms with van der Waals surface area (Å²) >= 11 is 0. The van der Waals surface area contributed by atoms with E-state index in [1.54, 1.807) is 0 Å². The summed E-state index contributed by atoms with van der Waals surface area (Å²) < 4.78 is 38.3. The summed E-state index contributed by atoms with van der Waals surface area (Å²) in [6.45, 7) is -0.0285. The van der Waals surface area contributed by atoms with E-state index in [0.717, 1.165) is 11.1 Å². The molecule has 0 N–H and O–H groups in total. The molecule has 7 heteroatoms. The number of hydrogen-bond donors (Lipinski definition) is 0. The Morgan fingerprint density at radius 1 is 1.25 bits per heavy atom. The fraction of sp³-hybridized carbons (Fsp3) is 0.529. The van der Waals surface area contributed by atoms with Crippen LogP contribution in [0, 0.1) is 12.8 Å². The van der Waals surface area contributed by atoms with Crippen LogP contribution < -0.4 is 0 Å². The highest BCUT2D eigenvalue weighted by molar-refractivity contribution is 5.88. The third-order valence-corrected chi connectivity index (χ3v) is 4.08. The van der Waals surface area contributed by atoms with E-state index >= 15 is 0 Å². The Labute approximate surface area is 139 Å². The second-order valence-electron chi connectivity index (χ2n) is 6.46. The van der Waals surface area contributed by atoms with E-state index in [0.29, 0.717) is 11.3 Å². The molecule has 2 rings (SSSR count). The van der Waals surface area contributed by atoms with Crippen LogP contribution in [0.15, 0.2) is 24.3 Å². The summed E-state index contributed by atoms with van der Waals surface area (Å²) in [4.78, 5) is 26.0. The predicted molar refractivity (Wildman–Crippen MR) is 83.4 cm³/mol. The van der Waals surface area contributed by atoms with Gasteiger partial charge in [-0.2, -0.15) is 13.2 Å². The molecule has 1 aromatic rings. The SMILES string of the molecule is Cc1cccc([C@@H]2C[C@H]2C(=O)N(CC(=O)N(C)C)CC(F)(F)F)c1. The number of halogens is 3. The zero-order valence-electron chi connectivity index (χ0n) is 13.9. The fourth-order valence-corrected chi connectivity index (χ4v) is 2.70.